The van der Waals surface area contributed by atoms with E-state index in [0.29, 0.717) is 0 Å². The molecule has 65 valence electrons. The van der Waals surface area contributed by atoms with Crippen molar-refractivity contribution in [2.45, 2.75) is 0 Å². The van der Waals surface area contributed by atoms with Crippen LogP contribution >= 0.6 is 0 Å². The molecule has 0 atom stereocenters. The summed E-state index contributed by atoms with van der Waals surface area (Å²) in [5.74, 6) is -9.51. The van der Waals surface area contributed by atoms with Crippen molar-refractivity contribution in [3.63, 3.8) is 0 Å². The first-order valence-corrected chi connectivity index (χ1v) is 3.65. The molecule has 0 amide bonds. The molecule has 0 unspecified atom stereocenters. The first kappa shape index (κ1) is 9.64. The Labute approximate surface area is 75.3 Å². The first-order chi connectivity index (χ1) is 5.46. The van der Waals surface area contributed by atoms with Crippen LogP contribution in [-0.2, 0) is 19.8 Å². The Kier molecular flexibility index (Phi) is 2.51. The molecule has 0 aliphatic rings. The quantitative estimate of drug-likeness (QED) is 0.288. The predicted octanol–water partition coefficient (Wildman–Crippen LogP) is 1.55. The summed E-state index contributed by atoms with van der Waals surface area (Å²) in [7, 11) is 0. The van der Waals surface area contributed by atoms with Crippen LogP contribution in [0.15, 0.2) is 0 Å². The van der Waals surface area contributed by atoms with E-state index in [-0.39, 0.29) is 0 Å². The van der Waals surface area contributed by atoms with Gasteiger partial charge in [-0.3, -0.25) is 0 Å². The molecule has 0 bridgehead atoms. The average molecular weight is 263 g/mol. The van der Waals surface area contributed by atoms with Crippen LogP contribution in [0.3, 0.4) is 0 Å². The minimum absolute atomic E-state index is 0.741. The average Bonchev–Trinajstić information content (AvgIpc) is 2.08. The van der Waals surface area contributed by atoms with Gasteiger partial charge in [0.1, 0.15) is 0 Å². The van der Waals surface area contributed by atoms with Crippen molar-refractivity contribution in [1.82, 2.24) is 0 Å². The fraction of sp³-hybridized carbons (Fsp3) is 0. The number of hydrogen-bond acceptors (Lipinski definition) is 0. The summed E-state index contributed by atoms with van der Waals surface area (Å²) in [6, 6.07) is 0. The van der Waals surface area contributed by atoms with Crippen molar-refractivity contribution in [3.8, 4) is 0 Å². The maximum absolute atomic E-state index is 12.4. The molecule has 12 heavy (non-hydrogen) atoms. The third-order valence-electron chi connectivity index (χ3n) is 1.17. The van der Waals surface area contributed by atoms with Crippen LogP contribution in [0.4, 0.5) is 22.0 Å². The molecule has 1 rings (SSSR count). The molecule has 0 spiro atoms. The van der Waals surface area contributed by atoms with Crippen molar-refractivity contribution < 1.29 is 41.8 Å². The van der Waals surface area contributed by atoms with Gasteiger partial charge in [-0.15, -0.1) is 0 Å². The fourth-order valence-corrected chi connectivity index (χ4v) is 1.03. The van der Waals surface area contributed by atoms with Crippen LogP contribution in [0.1, 0.15) is 0 Å². The normalized spacial score (nSPS) is 10.4. The van der Waals surface area contributed by atoms with E-state index in [1.165, 1.54) is 0 Å². The van der Waals surface area contributed by atoms with Crippen molar-refractivity contribution in [2.75, 3.05) is 0 Å². The summed E-state index contributed by atoms with van der Waals surface area (Å²) in [5.41, 5.74) is 0. The Bertz CT molecular complexity index is 230. The van der Waals surface area contributed by atoms with Gasteiger partial charge in [-0.25, -0.2) is 0 Å². The van der Waals surface area contributed by atoms with Crippen LogP contribution in [-0.4, -0.2) is 0 Å². The van der Waals surface area contributed by atoms with Crippen LogP contribution in [0.25, 0.3) is 0 Å². The third-order valence-corrected chi connectivity index (χ3v) is 2.05. The number of halogens is 5. The van der Waals surface area contributed by atoms with Gasteiger partial charge in [0.15, 0.2) is 0 Å². The van der Waals surface area contributed by atoms with Gasteiger partial charge < -0.3 is 0 Å². The standard InChI is InChI=1S/C6F5.Mo/c7-2-1-3(8)5(10)6(11)4(2)9;. The van der Waals surface area contributed by atoms with Crippen molar-refractivity contribution in [2.24, 2.45) is 0 Å². The summed E-state index contributed by atoms with van der Waals surface area (Å²) in [6.07, 6.45) is 0. The van der Waals surface area contributed by atoms with Crippen molar-refractivity contribution in [1.29, 1.82) is 0 Å². The molecule has 1 aromatic rings. The molecule has 6 heteroatoms. The summed E-state index contributed by atoms with van der Waals surface area (Å²) >= 11 is 0.741. The molecule has 0 radical (unpaired) electrons. The molecule has 0 aromatic heterocycles. The Hall–Kier alpha value is -0.442. The van der Waals surface area contributed by atoms with Gasteiger partial charge >= 0.3 is 74.8 Å². The Morgan fingerprint density at radius 3 is 1.17 bits per heavy atom. The molecule has 1 aromatic carbocycles. The SMILES string of the molecule is Fc1c(F)c(F)[c]([Mo])c(F)c1F. The Morgan fingerprint density at radius 2 is 0.833 bits per heavy atom. The maximum atomic E-state index is 12.4. The molecular formula is C6F5Mo. The fourth-order valence-electron chi connectivity index (χ4n) is 0.585. The van der Waals surface area contributed by atoms with E-state index in [2.05, 4.69) is 0 Å². The van der Waals surface area contributed by atoms with E-state index in [1.807, 2.05) is 0 Å². The Morgan fingerprint density at radius 1 is 0.583 bits per heavy atom. The predicted molar refractivity (Wildman–Crippen MR) is 25.9 cm³/mol. The van der Waals surface area contributed by atoms with E-state index in [4.69, 9.17) is 0 Å². The Balaban J connectivity index is 3.60. The number of rotatable bonds is 0. The van der Waals surface area contributed by atoms with Gasteiger partial charge in [-0.05, 0) is 0 Å². The van der Waals surface area contributed by atoms with Gasteiger partial charge in [0.05, 0.1) is 0 Å². The van der Waals surface area contributed by atoms with Gasteiger partial charge in [0.25, 0.3) is 0 Å². The minimum atomic E-state index is -2.13. The third kappa shape index (κ3) is 1.26. The zero-order valence-corrected chi connectivity index (χ0v) is 7.31. The molecule has 0 fully saturated rings. The van der Waals surface area contributed by atoms with Crippen LogP contribution in [0, 0.1) is 29.1 Å². The molecule has 0 saturated carbocycles. The summed E-state index contributed by atoms with van der Waals surface area (Å²) in [6.45, 7) is 0. The van der Waals surface area contributed by atoms with Crippen LogP contribution in [0.5, 0.6) is 0 Å². The molecular weight excluding hydrogens is 263 g/mol. The van der Waals surface area contributed by atoms with Crippen LogP contribution < -0.4 is 3.95 Å². The van der Waals surface area contributed by atoms with E-state index in [9.17, 15) is 22.0 Å². The number of benzene rings is 1. The molecule has 0 aliphatic heterocycles. The van der Waals surface area contributed by atoms with Crippen LogP contribution in [0.2, 0.25) is 0 Å². The van der Waals surface area contributed by atoms with Crippen molar-refractivity contribution in [3.05, 3.63) is 29.1 Å². The second-order valence-electron chi connectivity index (χ2n) is 1.90. The molecule has 0 nitrogen and oxygen atoms in total. The molecule has 0 heterocycles. The van der Waals surface area contributed by atoms with Crippen molar-refractivity contribution >= 4 is 3.95 Å². The molecule has 0 N–H and O–H groups in total. The van der Waals surface area contributed by atoms with E-state index in [0.717, 1.165) is 19.8 Å². The van der Waals surface area contributed by atoms with E-state index in [1.54, 1.807) is 0 Å². The monoisotopic (exact) mass is 265 g/mol. The summed E-state index contributed by atoms with van der Waals surface area (Å²) in [4.78, 5) is 0. The number of hydrogen-bond donors (Lipinski definition) is 0. The first-order valence-electron chi connectivity index (χ1n) is 2.65. The second kappa shape index (κ2) is 3.13. The molecule has 0 saturated heterocycles. The topological polar surface area (TPSA) is 0 Å². The molecule has 0 aliphatic carbocycles. The zero-order chi connectivity index (χ0) is 9.46. The van der Waals surface area contributed by atoms with E-state index < -0.39 is 33.0 Å². The summed E-state index contributed by atoms with van der Waals surface area (Å²) in [5, 5.41) is 0. The summed E-state index contributed by atoms with van der Waals surface area (Å²) < 4.78 is 60.7. The van der Waals surface area contributed by atoms with Gasteiger partial charge in [0.2, 0.25) is 0 Å². The van der Waals surface area contributed by atoms with Gasteiger partial charge in [-0.2, -0.15) is 0 Å². The van der Waals surface area contributed by atoms with E-state index >= 15 is 0 Å². The van der Waals surface area contributed by atoms with Gasteiger partial charge in [-0.1, -0.05) is 0 Å². The zero-order valence-electron chi connectivity index (χ0n) is 5.30. The second-order valence-corrected chi connectivity index (χ2v) is 2.90. The van der Waals surface area contributed by atoms with Gasteiger partial charge in [0, 0.05) is 0 Å².